The largest absolute Gasteiger partial charge is 0.302 e. The fourth-order valence-electron chi connectivity index (χ4n) is 1.57. The Morgan fingerprint density at radius 3 is 2.62 bits per heavy atom. The third-order valence-corrected chi connectivity index (χ3v) is 3.68. The van der Waals surface area contributed by atoms with Crippen LogP contribution >= 0.6 is 22.9 Å². The summed E-state index contributed by atoms with van der Waals surface area (Å²) in [4.78, 5) is 27.9. The quantitative estimate of drug-likeness (QED) is 0.857. The van der Waals surface area contributed by atoms with E-state index in [1.807, 2.05) is 6.07 Å². The van der Waals surface area contributed by atoms with Crippen molar-refractivity contribution in [3.63, 3.8) is 0 Å². The number of anilines is 1. The summed E-state index contributed by atoms with van der Waals surface area (Å²) in [6, 6.07) is 8.46. The summed E-state index contributed by atoms with van der Waals surface area (Å²) in [5.41, 5.74) is 0.521. The Hall–Kier alpha value is -2.23. The van der Waals surface area contributed by atoms with E-state index in [1.54, 1.807) is 24.3 Å². The van der Waals surface area contributed by atoms with Crippen molar-refractivity contribution in [1.29, 1.82) is 5.26 Å². The minimum atomic E-state index is -0.309. The zero-order chi connectivity index (χ0) is 15.2. The van der Waals surface area contributed by atoms with E-state index in [4.69, 9.17) is 16.9 Å². The molecule has 0 bridgehead atoms. The van der Waals surface area contributed by atoms with E-state index in [0.717, 1.165) is 11.3 Å². The number of nitrogens with one attached hydrogen (secondary N) is 1. The summed E-state index contributed by atoms with van der Waals surface area (Å²) >= 11 is 6.83. The van der Waals surface area contributed by atoms with Crippen LogP contribution in [-0.4, -0.2) is 16.7 Å². The van der Waals surface area contributed by atoms with Gasteiger partial charge in [0, 0.05) is 23.4 Å². The van der Waals surface area contributed by atoms with Crippen LogP contribution in [0.3, 0.4) is 0 Å². The highest BCUT2D eigenvalue weighted by Gasteiger charge is 2.11. The van der Waals surface area contributed by atoms with E-state index < -0.39 is 0 Å². The molecule has 0 saturated carbocycles. The Morgan fingerprint density at radius 1 is 1.29 bits per heavy atom. The van der Waals surface area contributed by atoms with E-state index in [-0.39, 0.29) is 24.5 Å². The fourth-order valence-corrected chi connectivity index (χ4v) is 2.33. The van der Waals surface area contributed by atoms with Crippen molar-refractivity contribution >= 4 is 39.8 Å². The van der Waals surface area contributed by atoms with Crippen molar-refractivity contribution in [3.05, 3.63) is 45.9 Å². The van der Waals surface area contributed by atoms with Gasteiger partial charge in [0.2, 0.25) is 5.91 Å². The molecule has 0 fully saturated rings. The second-order valence-electron chi connectivity index (χ2n) is 4.12. The van der Waals surface area contributed by atoms with E-state index in [9.17, 15) is 9.59 Å². The molecule has 0 aliphatic carbocycles. The molecule has 0 unspecified atom stereocenters. The molecule has 1 heterocycles. The van der Waals surface area contributed by atoms with Crippen LogP contribution in [0.5, 0.6) is 0 Å². The van der Waals surface area contributed by atoms with Gasteiger partial charge < -0.3 is 5.32 Å². The van der Waals surface area contributed by atoms with Gasteiger partial charge in [0.25, 0.3) is 0 Å². The van der Waals surface area contributed by atoms with Gasteiger partial charge in [-0.05, 0) is 24.3 Å². The summed E-state index contributed by atoms with van der Waals surface area (Å²) < 4.78 is 0. The number of thiazole rings is 1. The highest BCUT2D eigenvalue weighted by molar-refractivity contribution is 7.16. The number of benzene rings is 1. The zero-order valence-corrected chi connectivity index (χ0v) is 12.4. The number of nitrogens with zero attached hydrogens (tertiary/aromatic N) is 2. The molecule has 2 rings (SSSR count). The van der Waals surface area contributed by atoms with E-state index >= 15 is 0 Å². The lowest BCUT2D eigenvalue weighted by molar-refractivity contribution is -0.116. The van der Waals surface area contributed by atoms with E-state index in [2.05, 4.69) is 10.3 Å². The van der Waals surface area contributed by atoms with Crippen molar-refractivity contribution < 1.29 is 9.59 Å². The lowest BCUT2D eigenvalue weighted by Gasteiger charge is -2.02. The highest BCUT2D eigenvalue weighted by Crippen LogP contribution is 2.17. The number of amides is 1. The van der Waals surface area contributed by atoms with Crippen molar-refractivity contribution in [2.45, 2.75) is 12.8 Å². The number of halogens is 1. The van der Waals surface area contributed by atoms with Crippen molar-refractivity contribution in [2.75, 3.05) is 5.32 Å². The Morgan fingerprint density at radius 2 is 2.00 bits per heavy atom. The lowest BCUT2D eigenvalue weighted by atomic mass is 10.1. The first kappa shape index (κ1) is 15.2. The highest BCUT2D eigenvalue weighted by atomic mass is 35.5. The Balaban J connectivity index is 1.85. The molecule has 0 aliphatic rings. The molecule has 106 valence electrons. The smallest absolute Gasteiger partial charge is 0.226 e. The maximum Gasteiger partial charge on any atom is 0.226 e. The van der Waals surface area contributed by atoms with Crippen LogP contribution in [-0.2, 0) is 4.79 Å². The molecule has 5 nitrogen and oxygen atoms in total. The third-order valence-electron chi connectivity index (χ3n) is 2.61. The molecule has 21 heavy (non-hydrogen) atoms. The summed E-state index contributed by atoms with van der Waals surface area (Å²) in [6.07, 6.45) is 1.55. The number of carbonyl (C=O) groups is 2. The maximum atomic E-state index is 11.9. The first-order valence-electron chi connectivity index (χ1n) is 6.03. The molecule has 0 saturated heterocycles. The van der Waals surface area contributed by atoms with E-state index in [0.29, 0.717) is 20.6 Å². The predicted molar refractivity (Wildman–Crippen MR) is 80.5 cm³/mol. The number of rotatable bonds is 5. The SMILES string of the molecule is N#Cc1cnc(NC(=O)CCC(=O)c2ccc(Cl)cc2)s1. The molecule has 1 amide bonds. The van der Waals surface area contributed by atoms with Crippen molar-refractivity contribution in [3.8, 4) is 6.07 Å². The van der Waals surface area contributed by atoms with Gasteiger partial charge in [-0.15, -0.1) is 0 Å². The predicted octanol–water partition coefficient (Wildman–Crippen LogP) is 3.27. The zero-order valence-electron chi connectivity index (χ0n) is 10.8. The number of aromatic nitrogens is 1. The van der Waals surface area contributed by atoms with Crippen LogP contribution in [0.4, 0.5) is 5.13 Å². The topological polar surface area (TPSA) is 82.8 Å². The molecule has 1 aromatic heterocycles. The van der Waals surface area contributed by atoms with Gasteiger partial charge in [0.1, 0.15) is 10.9 Å². The van der Waals surface area contributed by atoms with Crippen LogP contribution < -0.4 is 5.32 Å². The molecule has 7 heteroatoms. The molecule has 2 aromatic rings. The number of Topliss-reactive ketones (excluding diaryl/α,β-unsaturated/α-hetero) is 1. The minimum Gasteiger partial charge on any atom is -0.302 e. The van der Waals surface area contributed by atoms with Gasteiger partial charge in [-0.25, -0.2) is 4.98 Å². The Kier molecular flexibility index (Phi) is 5.04. The summed E-state index contributed by atoms with van der Waals surface area (Å²) in [7, 11) is 0. The Labute approximate surface area is 130 Å². The van der Waals surface area contributed by atoms with Crippen LogP contribution in [0.2, 0.25) is 5.02 Å². The first-order chi connectivity index (χ1) is 10.1. The number of carbonyl (C=O) groups excluding carboxylic acids is 2. The second kappa shape index (κ2) is 6.97. The van der Waals surface area contributed by atoms with Gasteiger partial charge >= 0.3 is 0 Å². The normalized spacial score (nSPS) is 9.90. The first-order valence-corrected chi connectivity index (χ1v) is 7.22. The molecule has 1 N–H and O–H groups in total. The number of nitriles is 1. The van der Waals surface area contributed by atoms with Gasteiger partial charge in [-0.2, -0.15) is 5.26 Å². The van der Waals surface area contributed by atoms with Crippen LogP contribution in [0, 0.1) is 11.3 Å². The molecule has 1 aromatic carbocycles. The Bertz CT molecular complexity index is 704. The van der Waals surface area contributed by atoms with Gasteiger partial charge in [-0.1, -0.05) is 22.9 Å². The third kappa shape index (κ3) is 4.38. The van der Waals surface area contributed by atoms with Crippen LogP contribution in [0.25, 0.3) is 0 Å². The standard InChI is InChI=1S/C14H10ClN3O2S/c15-10-3-1-9(2-4-10)12(19)5-6-13(20)18-14-17-8-11(7-16)21-14/h1-4,8H,5-6H2,(H,17,18,20). The van der Waals surface area contributed by atoms with Gasteiger partial charge in [0.05, 0.1) is 6.20 Å². The molecular weight excluding hydrogens is 310 g/mol. The van der Waals surface area contributed by atoms with Gasteiger partial charge in [0.15, 0.2) is 10.9 Å². The number of hydrogen-bond acceptors (Lipinski definition) is 5. The average molecular weight is 320 g/mol. The number of ketones is 1. The monoisotopic (exact) mass is 319 g/mol. The summed E-state index contributed by atoms with van der Waals surface area (Å²) in [5, 5.41) is 12.1. The maximum absolute atomic E-state index is 11.9. The average Bonchev–Trinajstić information content (AvgIpc) is 2.93. The lowest BCUT2D eigenvalue weighted by Crippen LogP contribution is -2.13. The summed E-state index contributed by atoms with van der Waals surface area (Å²) in [6.45, 7) is 0. The molecular formula is C14H10ClN3O2S. The van der Waals surface area contributed by atoms with Crippen molar-refractivity contribution in [2.24, 2.45) is 0 Å². The number of hydrogen-bond donors (Lipinski definition) is 1. The second-order valence-corrected chi connectivity index (χ2v) is 5.59. The molecule has 0 radical (unpaired) electrons. The molecule has 0 spiro atoms. The summed E-state index contributed by atoms with van der Waals surface area (Å²) in [5.74, 6) is -0.435. The molecule has 0 atom stereocenters. The van der Waals surface area contributed by atoms with Crippen LogP contribution in [0.1, 0.15) is 28.1 Å². The fraction of sp³-hybridized carbons (Fsp3) is 0.143. The van der Waals surface area contributed by atoms with Crippen molar-refractivity contribution in [1.82, 2.24) is 4.98 Å². The molecule has 0 aliphatic heterocycles. The minimum absolute atomic E-state index is 0.0585. The van der Waals surface area contributed by atoms with E-state index in [1.165, 1.54) is 6.20 Å². The van der Waals surface area contributed by atoms with Gasteiger partial charge in [-0.3, -0.25) is 9.59 Å². The van der Waals surface area contributed by atoms with Crippen LogP contribution in [0.15, 0.2) is 30.5 Å².